The Kier molecular flexibility index (Phi) is 4.13. The molecule has 0 spiro atoms. The fourth-order valence-electron chi connectivity index (χ4n) is 2.96. The number of thiophene rings is 1. The number of hydrogen-bond donors (Lipinski definition) is 0. The van der Waals surface area contributed by atoms with Gasteiger partial charge in [0.05, 0.1) is 5.39 Å². The second kappa shape index (κ2) is 5.75. The van der Waals surface area contributed by atoms with E-state index in [2.05, 4.69) is 4.98 Å². The van der Waals surface area contributed by atoms with Gasteiger partial charge in [0.15, 0.2) is 0 Å². The molecule has 2 aromatic heterocycles. The zero-order valence-electron chi connectivity index (χ0n) is 12.2. The van der Waals surface area contributed by atoms with Gasteiger partial charge in [-0.05, 0) is 31.2 Å². The predicted molar refractivity (Wildman–Crippen MR) is 76.2 cm³/mol. The van der Waals surface area contributed by atoms with E-state index in [1.54, 1.807) is 0 Å². The highest BCUT2D eigenvalue weighted by Gasteiger charge is 2.41. The van der Waals surface area contributed by atoms with Crippen LogP contribution in [0.2, 0.25) is 0 Å². The summed E-state index contributed by atoms with van der Waals surface area (Å²) >= 11 is 0.978. The zero-order chi connectivity index (χ0) is 17.7. The monoisotopic (exact) mass is 370 g/mol. The van der Waals surface area contributed by atoms with Gasteiger partial charge in [-0.15, -0.1) is 11.3 Å². The molecular formula is C14H12F6N2OS. The Balaban J connectivity index is 2.31. The minimum absolute atomic E-state index is 0.0887. The average Bonchev–Trinajstić information content (AvgIpc) is 2.61. The maximum atomic E-state index is 13.1. The van der Waals surface area contributed by atoms with Crippen LogP contribution < -0.4 is 5.56 Å². The topological polar surface area (TPSA) is 34.9 Å². The summed E-state index contributed by atoms with van der Waals surface area (Å²) in [5.74, 6) is -1.80. The van der Waals surface area contributed by atoms with E-state index in [0.29, 0.717) is 18.4 Å². The lowest BCUT2D eigenvalue weighted by molar-refractivity contribution is -0.162. The van der Waals surface area contributed by atoms with Crippen LogP contribution in [0.3, 0.4) is 0 Å². The van der Waals surface area contributed by atoms with Crippen LogP contribution in [-0.2, 0) is 25.6 Å². The lowest BCUT2D eigenvalue weighted by Gasteiger charge is -2.16. The van der Waals surface area contributed by atoms with Gasteiger partial charge in [0.2, 0.25) is 5.82 Å². The highest BCUT2D eigenvalue weighted by molar-refractivity contribution is 7.18. The van der Waals surface area contributed by atoms with Crippen molar-refractivity contribution in [1.82, 2.24) is 9.55 Å². The fraction of sp³-hybridized carbons (Fsp3) is 0.571. The van der Waals surface area contributed by atoms with Crippen LogP contribution in [0, 0.1) is 0 Å². The molecule has 0 N–H and O–H groups in total. The lowest BCUT2D eigenvalue weighted by atomic mass is 10.1. The van der Waals surface area contributed by atoms with Crippen molar-refractivity contribution in [2.75, 3.05) is 0 Å². The molecule has 0 amide bonds. The highest BCUT2D eigenvalue weighted by Crippen LogP contribution is 2.36. The lowest BCUT2D eigenvalue weighted by Crippen LogP contribution is -2.34. The Bertz CT molecular complexity index is 833. The first kappa shape index (κ1) is 17.2. The standard InChI is InChI=1S/C14H12F6N2OS/c15-13(16,17)6-22-11(23)9-7-4-2-1-3-5-8(7)24-10(9)21-12(22)14(18,19)20/h1-6H2. The fourth-order valence-corrected chi connectivity index (χ4v) is 4.21. The molecule has 24 heavy (non-hydrogen) atoms. The van der Waals surface area contributed by atoms with Crippen LogP contribution in [-0.4, -0.2) is 15.7 Å². The average molecular weight is 370 g/mol. The van der Waals surface area contributed by atoms with Gasteiger partial charge in [-0.25, -0.2) is 4.98 Å². The Morgan fingerprint density at radius 3 is 2.33 bits per heavy atom. The Labute approximate surface area is 135 Å². The maximum absolute atomic E-state index is 13.1. The number of aryl methyl sites for hydroxylation is 2. The summed E-state index contributed by atoms with van der Waals surface area (Å²) < 4.78 is 77.0. The van der Waals surface area contributed by atoms with Crippen molar-refractivity contribution < 1.29 is 26.3 Å². The van der Waals surface area contributed by atoms with E-state index in [-0.39, 0.29) is 14.8 Å². The number of hydrogen-bond acceptors (Lipinski definition) is 3. The molecule has 0 saturated heterocycles. The van der Waals surface area contributed by atoms with Crippen molar-refractivity contribution in [2.45, 2.75) is 51.0 Å². The van der Waals surface area contributed by atoms with Crippen molar-refractivity contribution >= 4 is 21.6 Å². The SMILES string of the molecule is O=c1c2c3c(sc2nc(C(F)(F)F)n1CC(F)(F)F)CCCCC3. The van der Waals surface area contributed by atoms with Gasteiger partial charge in [-0.2, -0.15) is 26.3 Å². The zero-order valence-corrected chi connectivity index (χ0v) is 13.0. The van der Waals surface area contributed by atoms with Gasteiger partial charge in [-0.3, -0.25) is 9.36 Å². The molecule has 0 radical (unpaired) electrons. The molecule has 1 aliphatic rings. The van der Waals surface area contributed by atoms with Gasteiger partial charge in [0.25, 0.3) is 5.56 Å². The van der Waals surface area contributed by atoms with Crippen LogP contribution in [0.5, 0.6) is 0 Å². The molecule has 3 rings (SSSR count). The van der Waals surface area contributed by atoms with E-state index in [1.807, 2.05) is 0 Å². The molecule has 0 saturated carbocycles. The van der Waals surface area contributed by atoms with Crippen molar-refractivity contribution in [1.29, 1.82) is 0 Å². The van der Waals surface area contributed by atoms with Crippen molar-refractivity contribution in [3.05, 3.63) is 26.6 Å². The molecule has 3 nitrogen and oxygen atoms in total. The van der Waals surface area contributed by atoms with Gasteiger partial charge >= 0.3 is 12.4 Å². The Morgan fingerprint density at radius 2 is 1.71 bits per heavy atom. The molecule has 10 heteroatoms. The Morgan fingerprint density at radius 1 is 1.04 bits per heavy atom. The van der Waals surface area contributed by atoms with E-state index in [9.17, 15) is 31.1 Å². The Hall–Kier alpha value is -1.58. The van der Waals surface area contributed by atoms with E-state index < -0.39 is 30.3 Å². The van der Waals surface area contributed by atoms with Gasteiger partial charge < -0.3 is 0 Å². The molecule has 132 valence electrons. The smallest absolute Gasteiger partial charge is 0.279 e. The molecule has 0 aliphatic heterocycles. The molecular weight excluding hydrogens is 358 g/mol. The first-order valence-electron chi connectivity index (χ1n) is 7.27. The summed E-state index contributed by atoms with van der Waals surface area (Å²) in [5, 5.41) is -0.0887. The number of aromatic nitrogens is 2. The third kappa shape index (κ3) is 3.15. The second-order valence-electron chi connectivity index (χ2n) is 5.68. The summed E-state index contributed by atoms with van der Waals surface area (Å²) in [6.45, 7) is -2.01. The first-order valence-corrected chi connectivity index (χ1v) is 8.08. The van der Waals surface area contributed by atoms with Gasteiger partial charge in [0, 0.05) is 4.88 Å². The van der Waals surface area contributed by atoms with Crippen molar-refractivity contribution in [3.63, 3.8) is 0 Å². The van der Waals surface area contributed by atoms with Crippen LogP contribution in [0.25, 0.3) is 10.2 Å². The number of halogens is 6. The summed E-state index contributed by atoms with van der Waals surface area (Å²) in [6.07, 6.45) is -6.51. The normalized spacial score (nSPS) is 16.2. The van der Waals surface area contributed by atoms with Gasteiger partial charge in [0.1, 0.15) is 11.4 Å². The van der Waals surface area contributed by atoms with Crippen molar-refractivity contribution in [3.8, 4) is 0 Å². The van der Waals surface area contributed by atoms with E-state index in [0.717, 1.165) is 35.5 Å². The van der Waals surface area contributed by atoms with Crippen LogP contribution in [0.1, 0.15) is 35.5 Å². The summed E-state index contributed by atoms with van der Waals surface area (Å²) in [4.78, 5) is 16.5. The highest BCUT2D eigenvalue weighted by atomic mass is 32.1. The number of fused-ring (bicyclic) bond motifs is 3. The minimum Gasteiger partial charge on any atom is -0.279 e. The quantitative estimate of drug-likeness (QED) is 0.554. The predicted octanol–water partition coefficient (Wildman–Crippen LogP) is 4.31. The number of alkyl halides is 6. The summed E-state index contributed by atoms with van der Waals surface area (Å²) in [5.41, 5.74) is -0.696. The molecule has 0 bridgehead atoms. The second-order valence-corrected chi connectivity index (χ2v) is 6.77. The molecule has 1 aliphatic carbocycles. The third-order valence-corrected chi connectivity index (χ3v) is 5.10. The molecule has 0 fully saturated rings. The summed E-state index contributed by atoms with van der Waals surface area (Å²) in [6, 6.07) is 0. The van der Waals surface area contributed by atoms with Crippen LogP contribution >= 0.6 is 11.3 Å². The molecule has 0 aromatic carbocycles. The number of rotatable bonds is 1. The maximum Gasteiger partial charge on any atom is 0.449 e. The van der Waals surface area contributed by atoms with Crippen LogP contribution in [0.15, 0.2) is 4.79 Å². The van der Waals surface area contributed by atoms with Crippen LogP contribution in [0.4, 0.5) is 26.3 Å². The summed E-state index contributed by atoms with van der Waals surface area (Å²) in [7, 11) is 0. The molecule has 0 atom stereocenters. The largest absolute Gasteiger partial charge is 0.449 e. The van der Waals surface area contributed by atoms with E-state index in [1.165, 1.54) is 0 Å². The minimum atomic E-state index is -5.14. The number of nitrogens with zero attached hydrogens (tertiary/aromatic N) is 2. The van der Waals surface area contributed by atoms with E-state index >= 15 is 0 Å². The van der Waals surface area contributed by atoms with Gasteiger partial charge in [-0.1, -0.05) is 6.42 Å². The molecule has 2 aromatic rings. The third-order valence-electron chi connectivity index (χ3n) is 3.92. The van der Waals surface area contributed by atoms with E-state index in [4.69, 9.17) is 0 Å². The van der Waals surface area contributed by atoms with Crippen molar-refractivity contribution in [2.24, 2.45) is 0 Å². The molecule has 0 unspecified atom stereocenters. The first-order chi connectivity index (χ1) is 11.1. The molecule has 2 heterocycles.